The maximum Gasteiger partial charge on any atom is 0.129 e. The largest absolute Gasteiger partial charge is 0.242 e. The number of benzene rings is 1. The van der Waals surface area contributed by atoms with Crippen molar-refractivity contribution in [3.8, 4) is 0 Å². The highest BCUT2D eigenvalue weighted by Gasteiger charge is 2.23. The second kappa shape index (κ2) is 2.19. The van der Waals surface area contributed by atoms with Crippen molar-refractivity contribution < 1.29 is 4.39 Å². The zero-order valence-electron chi connectivity index (χ0n) is 6.18. The van der Waals surface area contributed by atoms with Gasteiger partial charge in [0, 0.05) is 6.42 Å². The smallest absolute Gasteiger partial charge is 0.129 e. The highest BCUT2D eigenvalue weighted by atomic mass is 19.1. The molecule has 1 heteroatoms. The van der Waals surface area contributed by atoms with Crippen LogP contribution in [0.15, 0.2) is 30.8 Å². The van der Waals surface area contributed by atoms with Crippen LogP contribution in [0.5, 0.6) is 0 Å². The van der Waals surface area contributed by atoms with Crippen molar-refractivity contribution >= 4 is 5.57 Å². The Bertz CT molecular complexity index is 301. The highest BCUT2D eigenvalue weighted by molar-refractivity contribution is 5.73. The molecule has 0 nitrogen and oxygen atoms in total. The van der Waals surface area contributed by atoms with Gasteiger partial charge in [0.2, 0.25) is 0 Å². The molecule has 0 aliphatic heterocycles. The molecule has 1 aliphatic rings. The zero-order valence-corrected chi connectivity index (χ0v) is 6.18. The normalized spacial score (nSPS) is 21.9. The molecule has 2 rings (SSSR count). The van der Waals surface area contributed by atoms with Gasteiger partial charge in [-0.15, -0.1) is 0 Å². The van der Waals surface area contributed by atoms with E-state index in [9.17, 15) is 4.39 Å². The summed E-state index contributed by atoms with van der Waals surface area (Å²) >= 11 is 0. The monoisotopic (exact) mass is 148 g/mol. The van der Waals surface area contributed by atoms with E-state index in [1.165, 1.54) is 0 Å². The number of alkyl halides is 1. The Kier molecular flexibility index (Phi) is 1.31. The standard InChI is InChI=1S/C10H9F/c1-7-9-5-3-2-4-8(9)6-10(7)11/h2-5,10H,1,6H2. The predicted octanol–water partition coefficient (Wildman–Crippen LogP) is 2.59. The summed E-state index contributed by atoms with van der Waals surface area (Å²) in [5.74, 6) is 0. The number of fused-ring (bicyclic) bond motifs is 1. The fourth-order valence-corrected chi connectivity index (χ4v) is 1.50. The van der Waals surface area contributed by atoms with E-state index in [1.807, 2.05) is 24.3 Å². The van der Waals surface area contributed by atoms with E-state index >= 15 is 0 Å². The van der Waals surface area contributed by atoms with E-state index in [4.69, 9.17) is 0 Å². The second-order valence-electron chi connectivity index (χ2n) is 2.85. The first kappa shape index (κ1) is 6.59. The summed E-state index contributed by atoms with van der Waals surface area (Å²) in [5, 5.41) is 0. The fraction of sp³-hybridized carbons (Fsp3) is 0.200. The highest BCUT2D eigenvalue weighted by Crippen LogP contribution is 2.32. The van der Waals surface area contributed by atoms with Gasteiger partial charge in [-0.25, -0.2) is 4.39 Å². The SMILES string of the molecule is C=C1c2ccccc2CC1F. The third kappa shape index (κ3) is 0.881. The maximum absolute atomic E-state index is 13.0. The van der Waals surface area contributed by atoms with Crippen LogP contribution in [0.4, 0.5) is 4.39 Å². The number of halogens is 1. The van der Waals surface area contributed by atoms with Gasteiger partial charge in [0.15, 0.2) is 0 Å². The average Bonchev–Trinajstić information content (AvgIpc) is 2.30. The van der Waals surface area contributed by atoms with Crippen LogP contribution in [-0.2, 0) is 6.42 Å². The van der Waals surface area contributed by atoms with Crippen molar-refractivity contribution in [3.63, 3.8) is 0 Å². The fourth-order valence-electron chi connectivity index (χ4n) is 1.50. The Morgan fingerprint density at radius 1 is 1.36 bits per heavy atom. The van der Waals surface area contributed by atoms with E-state index in [0.29, 0.717) is 12.0 Å². The molecule has 1 aromatic rings. The van der Waals surface area contributed by atoms with Gasteiger partial charge in [0.25, 0.3) is 0 Å². The topological polar surface area (TPSA) is 0 Å². The van der Waals surface area contributed by atoms with Crippen LogP contribution in [0.1, 0.15) is 11.1 Å². The third-order valence-electron chi connectivity index (χ3n) is 2.14. The lowest BCUT2D eigenvalue weighted by Gasteiger charge is -1.97. The molecule has 1 aromatic carbocycles. The lowest BCUT2D eigenvalue weighted by atomic mass is 10.1. The van der Waals surface area contributed by atoms with Gasteiger partial charge in [0.05, 0.1) is 0 Å². The molecule has 11 heavy (non-hydrogen) atoms. The Morgan fingerprint density at radius 2 is 2.09 bits per heavy atom. The van der Waals surface area contributed by atoms with Crippen molar-refractivity contribution in [3.05, 3.63) is 42.0 Å². The molecule has 0 radical (unpaired) electrons. The van der Waals surface area contributed by atoms with Crippen molar-refractivity contribution in [1.29, 1.82) is 0 Å². The summed E-state index contributed by atoms with van der Waals surface area (Å²) < 4.78 is 13.0. The Hall–Kier alpha value is -1.11. The molecule has 0 heterocycles. The van der Waals surface area contributed by atoms with Crippen LogP contribution in [-0.4, -0.2) is 6.17 Å². The molecule has 1 aliphatic carbocycles. The molecule has 0 spiro atoms. The van der Waals surface area contributed by atoms with Gasteiger partial charge < -0.3 is 0 Å². The molecular formula is C10H9F. The average molecular weight is 148 g/mol. The van der Waals surface area contributed by atoms with Gasteiger partial charge >= 0.3 is 0 Å². The van der Waals surface area contributed by atoms with Crippen molar-refractivity contribution in [1.82, 2.24) is 0 Å². The molecule has 56 valence electrons. The summed E-state index contributed by atoms with van der Waals surface area (Å²) in [7, 11) is 0. The molecule has 0 fully saturated rings. The third-order valence-corrected chi connectivity index (χ3v) is 2.14. The number of hydrogen-bond acceptors (Lipinski definition) is 0. The minimum Gasteiger partial charge on any atom is -0.242 e. The summed E-state index contributed by atoms with van der Waals surface area (Å²) in [6.07, 6.45) is -0.345. The Morgan fingerprint density at radius 3 is 2.82 bits per heavy atom. The molecule has 1 atom stereocenters. The first-order chi connectivity index (χ1) is 5.29. The number of hydrogen-bond donors (Lipinski definition) is 0. The van der Waals surface area contributed by atoms with Crippen LogP contribution in [0, 0.1) is 0 Å². The predicted molar refractivity (Wildman–Crippen MR) is 44.1 cm³/mol. The van der Waals surface area contributed by atoms with Gasteiger partial charge in [-0.1, -0.05) is 30.8 Å². The summed E-state index contributed by atoms with van der Waals surface area (Å²) in [5.41, 5.74) is 2.73. The molecule has 0 amide bonds. The zero-order chi connectivity index (χ0) is 7.84. The first-order valence-electron chi connectivity index (χ1n) is 3.70. The number of allylic oxidation sites excluding steroid dienone is 1. The quantitative estimate of drug-likeness (QED) is 0.530. The molecule has 0 bridgehead atoms. The van der Waals surface area contributed by atoms with E-state index < -0.39 is 6.17 Å². The summed E-state index contributed by atoms with van der Waals surface area (Å²) in [4.78, 5) is 0. The van der Waals surface area contributed by atoms with Crippen LogP contribution < -0.4 is 0 Å². The van der Waals surface area contributed by atoms with E-state index in [-0.39, 0.29) is 0 Å². The van der Waals surface area contributed by atoms with Crippen molar-refractivity contribution in [2.75, 3.05) is 0 Å². The lowest BCUT2D eigenvalue weighted by molar-refractivity contribution is 0.421. The van der Waals surface area contributed by atoms with Gasteiger partial charge in [-0.05, 0) is 16.7 Å². The summed E-state index contributed by atoms with van der Waals surface area (Å²) in [6, 6.07) is 7.74. The van der Waals surface area contributed by atoms with E-state index in [0.717, 1.165) is 11.1 Å². The Balaban J connectivity index is 2.55. The van der Waals surface area contributed by atoms with Gasteiger partial charge in [-0.3, -0.25) is 0 Å². The molecule has 0 saturated carbocycles. The van der Waals surface area contributed by atoms with Gasteiger partial charge in [-0.2, -0.15) is 0 Å². The van der Waals surface area contributed by atoms with E-state index in [2.05, 4.69) is 6.58 Å². The van der Waals surface area contributed by atoms with Crippen LogP contribution in [0.25, 0.3) is 5.57 Å². The summed E-state index contributed by atoms with van der Waals surface area (Å²) in [6.45, 7) is 3.70. The van der Waals surface area contributed by atoms with Crippen LogP contribution in [0.2, 0.25) is 0 Å². The molecule has 1 unspecified atom stereocenters. The minimum absolute atomic E-state index is 0.509. The van der Waals surface area contributed by atoms with Crippen molar-refractivity contribution in [2.24, 2.45) is 0 Å². The first-order valence-corrected chi connectivity index (χ1v) is 3.70. The molecule has 0 aromatic heterocycles. The minimum atomic E-state index is -0.854. The molecular weight excluding hydrogens is 139 g/mol. The molecule has 0 saturated heterocycles. The van der Waals surface area contributed by atoms with Crippen molar-refractivity contribution in [2.45, 2.75) is 12.6 Å². The second-order valence-corrected chi connectivity index (χ2v) is 2.85. The van der Waals surface area contributed by atoms with E-state index in [1.54, 1.807) is 0 Å². The molecule has 0 N–H and O–H groups in total. The Labute approximate surface area is 65.4 Å². The maximum atomic E-state index is 13.0. The van der Waals surface area contributed by atoms with Gasteiger partial charge in [0.1, 0.15) is 6.17 Å². The number of rotatable bonds is 0. The lowest BCUT2D eigenvalue weighted by Crippen LogP contribution is -1.94. The van der Waals surface area contributed by atoms with Crippen LogP contribution in [0.3, 0.4) is 0 Å². The van der Waals surface area contributed by atoms with Crippen LogP contribution >= 0.6 is 0 Å².